The molecule has 0 spiro atoms. The Morgan fingerprint density at radius 1 is 1.53 bits per heavy atom. The second kappa shape index (κ2) is 6.60. The van der Waals surface area contributed by atoms with Crippen molar-refractivity contribution in [2.75, 3.05) is 11.4 Å². The van der Waals surface area contributed by atoms with Crippen LogP contribution in [0.2, 0.25) is 5.02 Å². The molecule has 1 aromatic carbocycles. The highest BCUT2D eigenvalue weighted by atomic mass is 35.5. The number of amides is 1. The van der Waals surface area contributed by atoms with E-state index in [1.165, 1.54) is 0 Å². The zero-order valence-electron chi connectivity index (χ0n) is 11.2. The first kappa shape index (κ1) is 16.3. The number of halogens is 2. The molecule has 0 radical (unpaired) electrons. The summed E-state index contributed by atoms with van der Waals surface area (Å²) in [6.07, 6.45) is 1.72. The van der Waals surface area contributed by atoms with Gasteiger partial charge in [0.15, 0.2) is 0 Å². The number of carbonyl (C=O) groups excluding carboxylic acids is 1. The molecule has 2 rings (SSSR count). The number of rotatable bonds is 3. The lowest BCUT2D eigenvalue weighted by atomic mass is 9.99. The smallest absolute Gasteiger partial charge is 0.244 e. The fraction of sp³-hybridized carbons (Fsp3) is 0.500. The lowest BCUT2D eigenvalue weighted by molar-refractivity contribution is -0.120. The van der Waals surface area contributed by atoms with Gasteiger partial charge in [0.2, 0.25) is 5.91 Å². The van der Waals surface area contributed by atoms with Crippen molar-refractivity contribution >= 4 is 35.6 Å². The highest BCUT2D eigenvalue weighted by molar-refractivity contribution is 6.32. The van der Waals surface area contributed by atoms with Gasteiger partial charge in [-0.3, -0.25) is 4.79 Å². The van der Waals surface area contributed by atoms with Crippen LogP contribution in [0.1, 0.15) is 25.8 Å². The van der Waals surface area contributed by atoms with Gasteiger partial charge in [0.05, 0.1) is 6.04 Å². The van der Waals surface area contributed by atoms with Crippen LogP contribution in [0.5, 0.6) is 0 Å². The summed E-state index contributed by atoms with van der Waals surface area (Å²) >= 11 is 6.14. The van der Waals surface area contributed by atoms with Crippen molar-refractivity contribution in [3.05, 3.63) is 28.8 Å². The van der Waals surface area contributed by atoms with E-state index >= 15 is 0 Å². The van der Waals surface area contributed by atoms with E-state index in [4.69, 9.17) is 17.3 Å². The van der Waals surface area contributed by atoms with Gasteiger partial charge in [-0.2, -0.15) is 0 Å². The summed E-state index contributed by atoms with van der Waals surface area (Å²) in [5, 5.41) is 0.736. The molecule has 0 aliphatic carbocycles. The molecule has 106 valence electrons. The van der Waals surface area contributed by atoms with E-state index in [-0.39, 0.29) is 24.2 Å². The number of hydrogen-bond acceptors (Lipinski definition) is 2. The molecule has 2 N–H and O–H groups in total. The van der Waals surface area contributed by atoms with Crippen LogP contribution < -0.4 is 10.6 Å². The fourth-order valence-corrected chi connectivity index (χ4v) is 2.56. The van der Waals surface area contributed by atoms with Gasteiger partial charge in [0.1, 0.15) is 0 Å². The van der Waals surface area contributed by atoms with Gasteiger partial charge in [0, 0.05) is 17.3 Å². The fourth-order valence-electron chi connectivity index (χ4n) is 2.30. The van der Waals surface area contributed by atoms with E-state index in [0.717, 1.165) is 29.1 Å². The summed E-state index contributed by atoms with van der Waals surface area (Å²) in [5.74, 6) is 0.200. The van der Waals surface area contributed by atoms with Crippen molar-refractivity contribution in [2.24, 2.45) is 11.7 Å². The molecule has 0 bridgehead atoms. The Labute approximate surface area is 125 Å². The van der Waals surface area contributed by atoms with Gasteiger partial charge in [-0.1, -0.05) is 37.9 Å². The first-order valence-corrected chi connectivity index (χ1v) is 6.78. The maximum Gasteiger partial charge on any atom is 0.244 e. The third kappa shape index (κ3) is 3.04. The SMILES string of the molecule is CCC(C)C(N)C(=O)N1CCc2c(Cl)cccc21.Cl. The van der Waals surface area contributed by atoms with Crippen molar-refractivity contribution in [3.63, 3.8) is 0 Å². The van der Waals surface area contributed by atoms with Crippen molar-refractivity contribution in [1.82, 2.24) is 0 Å². The zero-order valence-corrected chi connectivity index (χ0v) is 12.8. The molecule has 1 heterocycles. The topological polar surface area (TPSA) is 46.3 Å². The minimum atomic E-state index is -0.431. The highest BCUT2D eigenvalue weighted by Gasteiger charge is 2.31. The van der Waals surface area contributed by atoms with E-state index in [2.05, 4.69) is 0 Å². The zero-order chi connectivity index (χ0) is 13.3. The van der Waals surface area contributed by atoms with Crippen LogP contribution in [-0.4, -0.2) is 18.5 Å². The number of nitrogens with two attached hydrogens (primary N) is 1. The second-order valence-electron chi connectivity index (χ2n) is 4.89. The minimum Gasteiger partial charge on any atom is -0.320 e. The minimum absolute atomic E-state index is 0. The average Bonchev–Trinajstić information content (AvgIpc) is 2.81. The third-order valence-electron chi connectivity index (χ3n) is 3.78. The predicted molar refractivity (Wildman–Crippen MR) is 82.2 cm³/mol. The van der Waals surface area contributed by atoms with E-state index < -0.39 is 6.04 Å². The first-order valence-electron chi connectivity index (χ1n) is 6.40. The van der Waals surface area contributed by atoms with Crippen molar-refractivity contribution < 1.29 is 4.79 Å². The number of benzene rings is 1. The van der Waals surface area contributed by atoms with Crippen molar-refractivity contribution in [2.45, 2.75) is 32.7 Å². The quantitative estimate of drug-likeness (QED) is 0.933. The lowest BCUT2D eigenvalue weighted by Crippen LogP contribution is -2.46. The summed E-state index contributed by atoms with van der Waals surface area (Å²) in [6, 6.07) is 5.25. The molecule has 0 aromatic heterocycles. The molecule has 1 aliphatic heterocycles. The largest absolute Gasteiger partial charge is 0.320 e. The highest BCUT2D eigenvalue weighted by Crippen LogP contribution is 2.33. The first-order chi connectivity index (χ1) is 8.56. The predicted octanol–water partition coefficient (Wildman–Crippen LogP) is 3.02. The molecule has 5 heteroatoms. The molecule has 2 atom stereocenters. The molecule has 2 unspecified atom stereocenters. The molecular weight excluding hydrogens is 283 g/mol. The number of hydrogen-bond donors (Lipinski definition) is 1. The standard InChI is InChI=1S/C14H19ClN2O.ClH/c1-3-9(2)13(16)14(18)17-8-7-10-11(15)5-4-6-12(10)17;/h4-6,9,13H,3,7-8,16H2,1-2H3;1H. The number of carbonyl (C=O) groups is 1. The van der Waals surface area contributed by atoms with Gasteiger partial charge in [-0.05, 0) is 30.0 Å². The van der Waals surface area contributed by atoms with Gasteiger partial charge >= 0.3 is 0 Å². The van der Waals surface area contributed by atoms with Crippen LogP contribution in [0, 0.1) is 5.92 Å². The summed E-state index contributed by atoms with van der Waals surface area (Å²) in [6.45, 7) is 4.74. The second-order valence-corrected chi connectivity index (χ2v) is 5.30. The molecule has 1 aliphatic rings. The van der Waals surface area contributed by atoms with Crippen LogP contribution in [0.15, 0.2) is 18.2 Å². The summed E-state index contributed by atoms with van der Waals surface area (Å²) in [4.78, 5) is 14.2. The molecule has 0 saturated heterocycles. The van der Waals surface area contributed by atoms with E-state index in [1.807, 2.05) is 32.0 Å². The Morgan fingerprint density at radius 2 is 2.21 bits per heavy atom. The van der Waals surface area contributed by atoms with Crippen LogP contribution in [0.3, 0.4) is 0 Å². The van der Waals surface area contributed by atoms with Crippen LogP contribution >= 0.6 is 24.0 Å². The maximum absolute atomic E-state index is 12.4. The van der Waals surface area contributed by atoms with E-state index in [1.54, 1.807) is 4.90 Å². The monoisotopic (exact) mass is 302 g/mol. The van der Waals surface area contributed by atoms with E-state index in [0.29, 0.717) is 6.54 Å². The molecule has 19 heavy (non-hydrogen) atoms. The van der Waals surface area contributed by atoms with Gasteiger partial charge < -0.3 is 10.6 Å². The Bertz CT molecular complexity index is 465. The molecule has 3 nitrogen and oxygen atoms in total. The number of anilines is 1. The summed E-state index contributed by atoms with van der Waals surface area (Å²) < 4.78 is 0. The maximum atomic E-state index is 12.4. The van der Waals surface area contributed by atoms with Crippen LogP contribution in [-0.2, 0) is 11.2 Å². The molecule has 1 amide bonds. The molecular formula is C14H20Cl2N2O. The Balaban J connectivity index is 0.00000180. The summed E-state index contributed by atoms with van der Waals surface area (Å²) in [5.41, 5.74) is 8.00. The van der Waals surface area contributed by atoms with Crippen LogP contribution in [0.4, 0.5) is 5.69 Å². The average molecular weight is 303 g/mol. The molecule has 1 aromatic rings. The van der Waals surface area contributed by atoms with Crippen molar-refractivity contribution in [3.8, 4) is 0 Å². The van der Waals surface area contributed by atoms with Gasteiger partial charge in [-0.25, -0.2) is 0 Å². The van der Waals surface area contributed by atoms with Gasteiger partial charge in [0.25, 0.3) is 0 Å². The van der Waals surface area contributed by atoms with Crippen molar-refractivity contribution in [1.29, 1.82) is 0 Å². The lowest BCUT2D eigenvalue weighted by Gasteiger charge is -2.24. The van der Waals surface area contributed by atoms with E-state index in [9.17, 15) is 4.79 Å². The Hall–Kier alpha value is -0.770. The normalized spacial score (nSPS) is 16.5. The Kier molecular flexibility index (Phi) is 5.65. The Morgan fingerprint density at radius 3 is 2.84 bits per heavy atom. The number of fused-ring (bicyclic) bond motifs is 1. The van der Waals surface area contributed by atoms with Gasteiger partial charge in [-0.15, -0.1) is 12.4 Å². The van der Waals surface area contributed by atoms with Crippen LogP contribution in [0.25, 0.3) is 0 Å². The summed E-state index contributed by atoms with van der Waals surface area (Å²) in [7, 11) is 0. The number of nitrogens with zero attached hydrogens (tertiary/aromatic N) is 1. The third-order valence-corrected chi connectivity index (χ3v) is 4.13. The molecule has 0 fully saturated rings. The molecule has 0 saturated carbocycles.